The Kier molecular flexibility index (Phi) is 3.99. The number of aromatic nitrogens is 1. The Morgan fingerprint density at radius 3 is 2.78 bits per heavy atom. The van der Waals surface area contributed by atoms with E-state index in [1.165, 1.54) is 10.4 Å². The van der Waals surface area contributed by atoms with Crippen LogP contribution in [0.1, 0.15) is 34.0 Å². The van der Waals surface area contributed by atoms with Crippen LogP contribution in [-0.2, 0) is 6.54 Å². The number of hydrogen-bond donors (Lipinski definition) is 2. The van der Waals surface area contributed by atoms with E-state index in [-0.39, 0.29) is 6.04 Å². The van der Waals surface area contributed by atoms with Crippen molar-refractivity contribution in [2.75, 3.05) is 5.73 Å². The van der Waals surface area contributed by atoms with Crippen molar-refractivity contribution in [3.63, 3.8) is 0 Å². The fourth-order valence-corrected chi connectivity index (χ4v) is 2.53. The number of rotatable bonds is 4. The van der Waals surface area contributed by atoms with Gasteiger partial charge in [-0.1, -0.05) is 12.1 Å². The second kappa shape index (κ2) is 5.50. The third-order valence-electron chi connectivity index (χ3n) is 2.97. The summed E-state index contributed by atoms with van der Waals surface area (Å²) in [4.78, 5) is 5.64. The fraction of sp³-hybridized carbons (Fsp3) is 0.357. The average Bonchev–Trinajstić information content (AvgIpc) is 2.77. The Morgan fingerprint density at radius 1 is 1.39 bits per heavy atom. The molecule has 18 heavy (non-hydrogen) atoms. The van der Waals surface area contributed by atoms with Crippen LogP contribution in [0.25, 0.3) is 0 Å². The van der Waals surface area contributed by atoms with Gasteiger partial charge in [0, 0.05) is 23.3 Å². The molecule has 3 N–H and O–H groups in total. The minimum atomic E-state index is 0.270. The zero-order valence-corrected chi connectivity index (χ0v) is 11.8. The van der Waals surface area contributed by atoms with Crippen LogP contribution in [0.3, 0.4) is 0 Å². The highest BCUT2D eigenvalue weighted by atomic mass is 32.1. The number of nitrogens with one attached hydrogen (secondary N) is 1. The lowest BCUT2D eigenvalue weighted by molar-refractivity contribution is 0.572. The van der Waals surface area contributed by atoms with Crippen molar-refractivity contribution in [2.24, 2.45) is 0 Å². The summed E-state index contributed by atoms with van der Waals surface area (Å²) >= 11 is 1.74. The number of nitrogen functional groups attached to an aromatic ring is 1. The van der Waals surface area contributed by atoms with Crippen LogP contribution >= 0.6 is 11.3 Å². The summed E-state index contributed by atoms with van der Waals surface area (Å²) in [6.07, 6.45) is 1.92. The van der Waals surface area contributed by atoms with Crippen molar-refractivity contribution in [3.05, 3.63) is 45.4 Å². The van der Waals surface area contributed by atoms with Crippen molar-refractivity contribution in [1.29, 1.82) is 0 Å². The molecule has 0 amide bonds. The zero-order chi connectivity index (χ0) is 13.1. The van der Waals surface area contributed by atoms with E-state index in [4.69, 9.17) is 5.73 Å². The Balaban J connectivity index is 1.97. The van der Waals surface area contributed by atoms with Gasteiger partial charge in [0.1, 0.15) is 5.01 Å². The molecule has 0 radical (unpaired) electrons. The van der Waals surface area contributed by atoms with Crippen LogP contribution < -0.4 is 11.1 Å². The maximum atomic E-state index is 5.90. The molecule has 96 valence electrons. The highest BCUT2D eigenvalue weighted by Gasteiger charge is 2.08. The number of nitrogens with two attached hydrogens (primary N) is 1. The van der Waals surface area contributed by atoms with Crippen molar-refractivity contribution >= 4 is 17.0 Å². The van der Waals surface area contributed by atoms with E-state index in [9.17, 15) is 0 Å². The molecule has 1 aromatic heterocycles. The molecular formula is C14H19N3S. The summed E-state index contributed by atoms with van der Waals surface area (Å²) in [7, 11) is 0. The Labute approximate surface area is 112 Å². The molecule has 0 saturated heterocycles. The minimum absolute atomic E-state index is 0.270. The second-order valence-electron chi connectivity index (χ2n) is 4.60. The molecule has 2 rings (SSSR count). The highest BCUT2D eigenvalue weighted by molar-refractivity contribution is 7.11. The maximum absolute atomic E-state index is 5.90. The number of hydrogen-bond acceptors (Lipinski definition) is 4. The molecule has 2 aromatic rings. The third kappa shape index (κ3) is 3.09. The van der Waals surface area contributed by atoms with E-state index in [2.05, 4.69) is 36.3 Å². The average molecular weight is 261 g/mol. The van der Waals surface area contributed by atoms with Gasteiger partial charge in [-0.3, -0.25) is 0 Å². The van der Waals surface area contributed by atoms with Gasteiger partial charge in [-0.2, -0.15) is 0 Å². The van der Waals surface area contributed by atoms with Crippen molar-refractivity contribution in [3.8, 4) is 0 Å². The summed E-state index contributed by atoms with van der Waals surface area (Å²) in [5, 5.41) is 4.60. The first-order valence-electron chi connectivity index (χ1n) is 6.07. The molecule has 1 unspecified atom stereocenters. The molecule has 1 atom stereocenters. The first-order valence-corrected chi connectivity index (χ1v) is 6.88. The van der Waals surface area contributed by atoms with Crippen molar-refractivity contribution in [2.45, 2.75) is 33.4 Å². The quantitative estimate of drug-likeness (QED) is 0.831. The lowest BCUT2D eigenvalue weighted by Gasteiger charge is -2.12. The third-order valence-corrected chi connectivity index (χ3v) is 4.06. The lowest BCUT2D eigenvalue weighted by atomic mass is 10.1. The molecule has 0 spiro atoms. The Bertz CT molecular complexity index is 534. The number of aryl methyl sites for hydroxylation is 2. The summed E-state index contributed by atoms with van der Waals surface area (Å²) in [5.74, 6) is 0. The maximum Gasteiger partial charge on any atom is 0.109 e. The first-order chi connectivity index (χ1) is 8.56. The van der Waals surface area contributed by atoms with Crippen LogP contribution in [0.4, 0.5) is 5.69 Å². The largest absolute Gasteiger partial charge is 0.399 e. The summed E-state index contributed by atoms with van der Waals surface area (Å²) in [6.45, 7) is 7.04. The molecule has 0 aliphatic rings. The molecule has 0 aliphatic heterocycles. The summed E-state index contributed by atoms with van der Waals surface area (Å²) in [6, 6.07) is 6.47. The number of nitrogens with zero attached hydrogens (tertiary/aromatic N) is 1. The topological polar surface area (TPSA) is 50.9 Å². The van der Waals surface area contributed by atoms with Gasteiger partial charge >= 0.3 is 0 Å². The Hall–Kier alpha value is -1.39. The standard InChI is InChI=1S/C14H19N3S/c1-9-4-5-12(6-13(9)15)8-16-11(3)14-17-7-10(2)18-14/h4-7,11,16H,8,15H2,1-3H3. The van der Waals surface area contributed by atoms with Crippen LogP contribution in [0, 0.1) is 13.8 Å². The predicted molar refractivity (Wildman–Crippen MR) is 77.7 cm³/mol. The van der Waals surface area contributed by atoms with E-state index < -0.39 is 0 Å². The lowest BCUT2D eigenvalue weighted by Crippen LogP contribution is -2.18. The molecule has 1 aromatic carbocycles. The second-order valence-corrected chi connectivity index (χ2v) is 5.87. The first kappa shape index (κ1) is 13.1. The SMILES string of the molecule is Cc1cnc(C(C)NCc2ccc(C)c(N)c2)s1. The van der Waals surface area contributed by atoms with Crippen LogP contribution in [0.15, 0.2) is 24.4 Å². The van der Waals surface area contributed by atoms with Gasteiger partial charge in [0.15, 0.2) is 0 Å². The number of benzene rings is 1. The summed E-state index contributed by atoms with van der Waals surface area (Å²) in [5.41, 5.74) is 9.09. The molecule has 0 fully saturated rings. The van der Waals surface area contributed by atoms with Crippen LogP contribution in [0.2, 0.25) is 0 Å². The smallest absolute Gasteiger partial charge is 0.109 e. The van der Waals surface area contributed by atoms with Gasteiger partial charge < -0.3 is 11.1 Å². The van der Waals surface area contributed by atoms with Crippen LogP contribution in [0.5, 0.6) is 0 Å². The molecule has 0 saturated carbocycles. The van der Waals surface area contributed by atoms with Crippen molar-refractivity contribution < 1.29 is 0 Å². The molecular weight excluding hydrogens is 242 g/mol. The molecule has 0 bridgehead atoms. The van der Waals surface area contributed by atoms with Gasteiger partial charge in [0.2, 0.25) is 0 Å². The van der Waals surface area contributed by atoms with Crippen molar-refractivity contribution in [1.82, 2.24) is 10.3 Å². The molecule has 3 nitrogen and oxygen atoms in total. The van der Waals surface area contributed by atoms with Gasteiger partial charge in [0.25, 0.3) is 0 Å². The van der Waals surface area contributed by atoms with E-state index >= 15 is 0 Å². The highest BCUT2D eigenvalue weighted by Crippen LogP contribution is 2.20. The van der Waals surface area contributed by atoms with E-state index in [1.807, 2.05) is 19.2 Å². The Morgan fingerprint density at radius 2 is 2.17 bits per heavy atom. The van der Waals surface area contributed by atoms with E-state index in [0.29, 0.717) is 0 Å². The minimum Gasteiger partial charge on any atom is -0.399 e. The summed E-state index contributed by atoms with van der Waals surface area (Å²) < 4.78 is 0. The van der Waals surface area contributed by atoms with Crippen LogP contribution in [-0.4, -0.2) is 4.98 Å². The van der Waals surface area contributed by atoms with Gasteiger partial charge in [-0.25, -0.2) is 4.98 Å². The molecule has 0 aliphatic carbocycles. The number of anilines is 1. The van der Waals surface area contributed by atoms with Gasteiger partial charge in [0.05, 0.1) is 6.04 Å². The zero-order valence-electron chi connectivity index (χ0n) is 11.0. The molecule has 1 heterocycles. The van der Waals surface area contributed by atoms with Gasteiger partial charge in [-0.05, 0) is 38.0 Å². The molecule has 4 heteroatoms. The monoisotopic (exact) mass is 261 g/mol. The number of thiazole rings is 1. The normalized spacial score (nSPS) is 12.6. The fourth-order valence-electron chi connectivity index (χ4n) is 1.73. The predicted octanol–water partition coefficient (Wildman–Crippen LogP) is 3.19. The van der Waals surface area contributed by atoms with E-state index in [0.717, 1.165) is 22.8 Å². The van der Waals surface area contributed by atoms with E-state index in [1.54, 1.807) is 11.3 Å². The van der Waals surface area contributed by atoms with Gasteiger partial charge in [-0.15, -0.1) is 11.3 Å².